The Kier molecular flexibility index (Phi) is 5.61. The second kappa shape index (κ2) is 8.33. The van der Waals surface area contributed by atoms with Crippen LogP contribution in [0.4, 0.5) is 10.1 Å². The van der Waals surface area contributed by atoms with Crippen LogP contribution < -0.4 is 4.90 Å². The molecule has 2 aromatic carbocycles. The first kappa shape index (κ1) is 20.2. The first-order valence-electron chi connectivity index (χ1n) is 9.07. The number of allylic oxidation sites excluding steroid dienone is 2. The van der Waals surface area contributed by atoms with E-state index in [1.807, 2.05) is 36.4 Å². The zero-order valence-electron chi connectivity index (χ0n) is 15.5. The van der Waals surface area contributed by atoms with Gasteiger partial charge in [0, 0.05) is 0 Å². The molecule has 0 aliphatic carbocycles. The topological polar surface area (TPSA) is 57.7 Å². The molecule has 0 N–H and O–H groups in total. The van der Waals surface area contributed by atoms with E-state index in [0.717, 1.165) is 22.2 Å². The van der Waals surface area contributed by atoms with E-state index in [4.69, 9.17) is 12.2 Å². The van der Waals surface area contributed by atoms with E-state index in [2.05, 4.69) is 0 Å². The van der Waals surface area contributed by atoms with Crippen molar-refractivity contribution in [1.29, 1.82) is 0 Å². The Labute approximate surface area is 181 Å². The fourth-order valence-corrected chi connectivity index (χ4v) is 4.56. The van der Waals surface area contributed by atoms with E-state index < -0.39 is 29.6 Å². The summed E-state index contributed by atoms with van der Waals surface area (Å²) >= 11 is 6.40. The monoisotopic (exact) mass is 438 g/mol. The minimum atomic E-state index is -1.00. The van der Waals surface area contributed by atoms with Gasteiger partial charge in [0.25, 0.3) is 11.8 Å². The number of rotatable bonds is 4. The van der Waals surface area contributed by atoms with E-state index in [9.17, 15) is 18.8 Å². The predicted molar refractivity (Wildman–Crippen MR) is 118 cm³/mol. The fourth-order valence-electron chi connectivity index (χ4n) is 3.25. The number of carbonyl (C=O) groups is 3. The summed E-state index contributed by atoms with van der Waals surface area (Å²) in [6, 6.07) is 13.7. The third kappa shape index (κ3) is 3.83. The van der Waals surface area contributed by atoms with Gasteiger partial charge in [-0.1, -0.05) is 66.5 Å². The zero-order valence-corrected chi connectivity index (χ0v) is 17.2. The summed E-state index contributed by atoms with van der Waals surface area (Å²) in [7, 11) is 0. The van der Waals surface area contributed by atoms with Gasteiger partial charge in [0.05, 0.1) is 17.0 Å². The third-order valence-corrected chi connectivity index (χ3v) is 6.03. The fraction of sp³-hybridized carbons (Fsp3) is 0.0909. The van der Waals surface area contributed by atoms with Crippen molar-refractivity contribution in [3.63, 3.8) is 0 Å². The molecule has 0 saturated carbocycles. The number of hydrogen-bond acceptors (Lipinski definition) is 5. The number of amides is 3. The number of imide groups is 1. The minimum absolute atomic E-state index is 0.171. The summed E-state index contributed by atoms with van der Waals surface area (Å²) in [6.45, 7) is 0. The molecule has 2 fully saturated rings. The molecule has 1 atom stereocenters. The standard InChI is InChI=1S/C22H15FN2O3S2/c23-15-9-11-16(12-10-15)24-19(26)13-17(20(24)27)25-21(28)18(30-22(25)29)8-4-7-14-5-2-1-3-6-14/h1-12,17H,13H2/b7-4+,18-8-. The van der Waals surface area contributed by atoms with Gasteiger partial charge in [-0.25, -0.2) is 9.29 Å². The van der Waals surface area contributed by atoms with Crippen molar-refractivity contribution >= 4 is 57.8 Å². The van der Waals surface area contributed by atoms with Crippen LogP contribution >= 0.6 is 24.0 Å². The SMILES string of the molecule is O=C1CC(N2C(=O)/C(=C/C=C/c3ccccc3)SC2=S)C(=O)N1c1ccc(F)cc1. The molecule has 0 spiro atoms. The molecule has 2 saturated heterocycles. The van der Waals surface area contributed by atoms with E-state index in [0.29, 0.717) is 4.91 Å². The zero-order chi connectivity index (χ0) is 21.3. The van der Waals surface area contributed by atoms with Crippen LogP contribution in [0.1, 0.15) is 12.0 Å². The molecule has 2 heterocycles. The first-order valence-corrected chi connectivity index (χ1v) is 10.3. The second-order valence-corrected chi connectivity index (χ2v) is 8.28. The number of hydrogen-bond donors (Lipinski definition) is 0. The van der Waals surface area contributed by atoms with Gasteiger partial charge >= 0.3 is 0 Å². The van der Waals surface area contributed by atoms with Gasteiger partial charge in [-0.3, -0.25) is 19.3 Å². The van der Waals surface area contributed by atoms with Gasteiger partial charge < -0.3 is 0 Å². The van der Waals surface area contributed by atoms with Crippen LogP contribution in [-0.2, 0) is 14.4 Å². The summed E-state index contributed by atoms with van der Waals surface area (Å²) in [4.78, 5) is 40.8. The van der Waals surface area contributed by atoms with E-state index in [-0.39, 0.29) is 16.4 Å². The molecule has 150 valence electrons. The van der Waals surface area contributed by atoms with Gasteiger partial charge in [-0.05, 0) is 35.9 Å². The van der Waals surface area contributed by atoms with E-state index in [1.54, 1.807) is 12.2 Å². The molecule has 8 heteroatoms. The Morgan fingerprint density at radius 1 is 1.03 bits per heavy atom. The molecule has 2 aliphatic heterocycles. The van der Waals surface area contributed by atoms with Crippen molar-refractivity contribution in [2.45, 2.75) is 12.5 Å². The van der Waals surface area contributed by atoms with Crippen LogP contribution in [0.15, 0.2) is 71.7 Å². The highest BCUT2D eigenvalue weighted by molar-refractivity contribution is 8.26. The van der Waals surface area contributed by atoms with Crippen LogP contribution in [0.5, 0.6) is 0 Å². The van der Waals surface area contributed by atoms with Crippen molar-refractivity contribution in [1.82, 2.24) is 4.90 Å². The highest BCUT2D eigenvalue weighted by Crippen LogP contribution is 2.36. The summed E-state index contributed by atoms with van der Waals surface area (Å²) in [6.07, 6.45) is 5.07. The number of halogens is 1. The third-order valence-electron chi connectivity index (χ3n) is 4.68. The maximum Gasteiger partial charge on any atom is 0.266 e. The highest BCUT2D eigenvalue weighted by atomic mass is 32.2. The van der Waals surface area contributed by atoms with Crippen molar-refractivity contribution < 1.29 is 18.8 Å². The Morgan fingerprint density at radius 2 is 1.73 bits per heavy atom. The lowest BCUT2D eigenvalue weighted by Crippen LogP contribution is -2.44. The molecule has 3 amide bonds. The highest BCUT2D eigenvalue weighted by Gasteiger charge is 2.48. The number of thioether (sulfide) groups is 1. The number of thiocarbonyl (C=S) groups is 1. The number of nitrogens with zero attached hydrogens (tertiary/aromatic N) is 2. The minimum Gasteiger partial charge on any atom is -0.280 e. The Bertz CT molecular complexity index is 1100. The normalized spacial score (nSPS) is 21.0. The van der Waals surface area contributed by atoms with Crippen molar-refractivity contribution in [3.05, 3.63) is 83.0 Å². The van der Waals surface area contributed by atoms with Crippen LogP contribution in [0, 0.1) is 5.82 Å². The average molecular weight is 439 g/mol. The van der Waals surface area contributed by atoms with Crippen LogP contribution in [-0.4, -0.2) is 33.0 Å². The molecule has 4 rings (SSSR count). The Balaban J connectivity index is 1.53. The smallest absolute Gasteiger partial charge is 0.266 e. The first-order chi connectivity index (χ1) is 14.5. The molecular formula is C22H15FN2O3S2. The molecule has 0 aromatic heterocycles. The lowest BCUT2D eigenvalue weighted by Gasteiger charge is -2.21. The maximum absolute atomic E-state index is 13.2. The molecule has 1 unspecified atom stereocenters. The molecule has 30 heavy (non-hydrogen) atoms. The van der Waals surface area contributed by atoms with E-state index >= 15 is 0 Å². The van der Waals surface area contributed by atoms with Crippen LogP contribution in [0.25, 0.3) is 6.08 Å². The molecule has 0 radical (unpaired) electrons. The van der Waals surface area contributed by atoms with Gasteiger partial charge in [0.1, 0.15) is 16.2 Å². The average Bonchev–Trinajstić information content (AvgIpc) is 3.18. The lowest BCUT2D eigenvalue weighted by molar-refractivity contribution is -0.130. The second-order valence-electron chi connectivity index (χ2n) is 6.61. The largest absolute Gasteiger partial charge is 0.280 e. The number of benzene rings is 2. The lowest BCUT2D eigenvalue weighted by atomic mass is 10.2. The molecule has 2 aliphatic rings. The van der Waals surface area contributed by atoms with Crippen molar-refractivity contribution in [3.8, 4) is 0 Å². The van der Waals surface area contributed by atoms with Crippen LogP contribution in [0.3, 0.4) is 0 Å². The van der Waals surface area contributed by atoms with Gasteiger partial charge in [-0.15, -0.1) is 0 Å². The van der Waals surface area contributed by atoms with Gasteiger partial charge in [-0.2, -0.15) is 0 Å². The summed E-state index contributed by atoms with van der Waals surface area (Å²) in [5.74, 6) is -1.89. The predicted octanol–water partition coefficient (Wildman–Crippen LogP) is 3.92. The maximum atomic E-state index is 13.2. The van der Waals surface area contributed by atoms with Crippen molar-refractivity contribution in [2.75, 3.05) is 4.90 Å². The van der Waals surface area contributed by atoms with Crippen molar-refractivity contribution in [2.24, 2.45) is 0 Å². The molecule has 5 nitrogen and oxygen atoms in total. The Hall–Kier alpha value is -3.10. The number of anilines is 1. The Morgan fingerprint density at radius 3 is 2.43 bits per heavy atom. The summed E-state index contributed by atoms with van der Waals surface area (Å²) in [5.41, 5.74) is 1.25. The molecule has 2 aromatic rings. The van der Waals surface area contributed by atoms with Gasteiger partial charge in [0.15, 0.2) is 0 Å². The van der Waals surface area contributed by atoms with E-state index in [1.165, 1.54) is 29.2 Å². The summed E-state index contributed by atoms with van der Waals surface area (Å²) < 4.78 is 13.4. The molecular weight excluding hydrogens is 423 g/mol. The quantitative estimate of drug-likeness (QED) is 0.412. The van der Waals surface area contributed by atoms with Gasteiger partial charge in [0.2, 0.25) is 5.91 Å². The summed E-state index contributed by atoms with van der Waals surface area (Å²) in [5, 5.41) is 0. The number of carbonyl (C=O) groups excluding carboxylic acids is 3. The van der Waals surface area contributed by atoms with Crippen LogP contribution in [0.2, 0.25) is 0 Å². The molecule has 0 bridgehead atoms.